The molecule has 0 aliphatic carbocycles. The third-order valence-electron chi connectivity index (χ3n) is 1.87. The second-order valence-corrected chi connectivity index (χ2v) is 4.07. The van der Waals surface area contributed by atoms with Crippen LogP contribution in [0.5, 0.6) is 0 Å². The van der Waals surface area contributed by atoms with E-state index in [-0.39, 0.29) is 0 Å². The zero-order chi connectivity index (χ0) is 9.02. The second-order valence-electron chi connectivity index (χ2n) is 2.49. The van der Waals surface area contributed by atoms with E-state index in [1.54, 1.807) is 0 Å². The van der Waals surface area contributed by atoms with Gasteiger partial charge in [0.25, 0.3) is 0 Å². The van der Waals surface area contributed by atoms with Gasteiger partial charge in [-0.05, 0) is 0 Å². The van der Waals surface area contributed by atoms with Crippen molar-refractivity contribution in [2.24, 2.45) is 5.73 Å². The van der Waals surface area contributed by atoms with Gasteiger partial charge < -0.3 is 0 Å². The van der Waals surface area contributed by atoms with Crippen LogP contribution in [0.25, 0.3) is 0 Å². The predicted octanol–water partition coefficient (Wildman–Crippen LogP) is 1.73. The van der Waals surface area contributed by atoms with E-state index in [4.69, 9.17) is 5.73 Å². The van der Waals surface area contributed by atoms with Gasteiger partial charge in [0.15, 0.2) is 0 Å². The molecule has 0 heterocycles. The van der Waals surface area contributed by atoms with E-state index < -0.39 is 0 Å². The zero-order valence-electron chi connectivity index (χ0n) is 7.49. The third-order valence-corrected chi connectivity index (χ3v) is 2.97. The van der Waals surface area contributed by atoms with Gasteiger partial charge in [0.05, 0.1) is 0 Å². The van der Waals surface area contributed by atoms with E-state index in [1.807, 2.05) is 6.92 Å². The predicted molar refractivity (Wildman–Crippen MR) is 45.7 cm³/mol. The first kappa shape index (κ1) is 11.0. The van der Waals surface area contributed by atoms with Crippen molar-refractivity contribution in [3.05, 3.63) is 22.8 Å². The molecule has 0 unspecified atom stereocenters. The normalized spacial score (nSPS) is 14.5. The van der Waals surface area contributed by atoms with Crippen LogP contribution in [0.1, 0.15) is 27.7 Å². The Labute approximate surface area is 79.8 Å². The molecule has 0 amide bonds. The Balaban J connectivity index is 4.81. The summed E-state index contributed by atoms with van der Waals surface area (Å²) in [6, 6.07) is 0. The molecule has 0 bridgehead atoms. The Morgan fingerprint density at radius 3 is 1.91 bits per heavy atom. The number of rotatable bonds is 2. The fraction of sp³-hybridized carbons (Fsp3) is 0.444. The van der Waals surface area contributed by atoms with Crippen molar-refractivity contribution in [2.45, 2.75) is 27.7 Å². The Morgan fingerprint density at radius 1 is 1.18 bits per heavy atom. The van der Waals surface area contributed by atoms with E-state index >= 15 is 0 Å². The molecule has 2 N–H and O–H groups in total. The molecule has 0 saturated heterocycles. The molecule has 0 atom stereocenters. The van der Waals surface area contributed by atoms with Crippen molar-refractivity contribution in [1.82, 2.24) is 0 Å². The van der Waals surface area contributed by atoms with Crippen LogP contribution in [0.3, 0.4) is 0 Å². The van der Waals surface area contributed by atoms with E-state index in [9.17, 15) is 0 Å². The molecule has 2 heteroatoms. The van der Waals surface area contributed by atoms with Gasteiger partial charge in [-0.25, -0.2) is 0 Å². The molecule has 0 radical (unpaired) electrons. The van der Waals surface area contributed by atoms with Gasteiger partial charge >= 0.3 is 79.6 Å². The molecule has 11 heavy (non-hydrogen) atoms. The summed E-state index contributed by atoms with van der Waals surface area (Å²) in [5.41, 5.74) is 9.32. The molecular formula is C9H14NW-. The van der Waals surface area contributed by atoms with E-state index in [2.05, 4.69) is 26.8 Å². The van der Waals surface area contributed by atoms with Crippen LogP contribution in [0.2, 0.25) is 0 Å². The minimum absolute atomic E-state index is 0.970. The maximum absolute atomic E-state index is 5.68. The van der Waals surface area contributed by atoms with Crippen LogP contribution in [-0.4, -0.2) is 4.02 Å². The van der Waals surface area contributed by atoms with Gasteiger partial charge in [-0.2, -0.15) is 0 Å². The maximum atomic E-state index is 5.68. The van der Waals surface area contributed by atoms with Crippen molar-refractivity contribution in [1.29, 1.82) is 0 Å². The molecule has 0 aromatic carbocycles. The van der Waals surface area contributed by atoms with Crippen molar-refractivity contribution < 1.29 is 19.4 Å². The van der Waals surface area contributed by atoms with Crippen LogP contribution in [0.15, 0.2) is 16.7 Å². The first-order valence-corrected chi connectivity index (χ1v) is 4.96. The minimum atomic E-state index is 0.970. The molecule has 0 aromatic rings. The molecule has 0 fully saturated rings. The number of hydrogen-bond acceptors (Lipinski definition) is 1. The standard InChI is InChI=1S/C9H14N.W/c1-5-7(2)9(4)8(3)6-10;/h10H2,1-4H3;/q-1;/b9-8-;. The van der Waals surface area contributed by atoms with Crippen LogP contribution < -0.4 is 5.73 Å². The molecule has 62 valence electrons. The summed E-state index contributed by atoms with van der Waals surface area (Å²) in [5, 5.41) is 0. The van der Waals surface area contributed by atoms with E-state index in [0.717, 1.165) is 4.02 Å². The molecular weight excluding hydrogens is 306 g/mol. The second kappa shape index (κ2) is 4.79. The van der Waals surface area contributed by atoms with Gasteiger partial charge in [-0.1, -0.05) is 0 Å². The molecule has 0 aliphatic heterocycles. The summed E-state index contributed by atoms with van der Waals surface area (Å²) in [4.78, 5) is 0. The molecule has 0 spiro atoms. The topological polar surface area (TPSA) is 26.0 Å². The van der Waals surface area contributed by atoms with Crippen molar-refractivity contribution in [3.63, 3.8) is 0 Å². The fourth-order valence-electron chi connectivity index (χ4n) is 0.654. The summed E-state index contributed by atoms with van der Waals surface area (Å²) >= 11 is 1.33. The average Bonchev–Trinajstić information content (AvgIpc) is 2.00. The van der Waals surface area contributed by atoms with Gasteiger partial charge in [-0.15, -0.1) is 0 Å². The summed E-state index contributed by atoms with van der Waals surface area (Å²) in [5.74, 6) is 0. The Bertz CT molecular complexity index is 224. The Kier molecular flexibility index (Phi) is 4.79. The number of allylic oxidation sites excluding steroid dienone is 3. The number of hydrogen-bond donors (Lipinski definition) is 1. The first-order valence-electron chi connectivity index (χ1n) is 3.49. The monoisotopic (exact) mass is 320 g/mol. The van der Waals surface area contributed by atoms with Gasteiger partial charge in [-0.3, -0.25) is 0 Å². The number of nitrogens with two attached hydrogens (primary N) is 1. The summed E-state index contributed by atoms with van der Waals surface area (Å²) in [7, 11) is 0. The summed E-state index contributed by atoms with van der Waals surface area (Å²) in [6.07, 6.45) is 3.10. The van der Waals surface area contributed by atoms with Crippen LogP contribution >= 0.6 is 0 Å². The Hall–Kier alpha value is -0.00169. The zero-order valence-corrected chi connectivity index (χ0v) is 10.4. The van der Waals surface area contributed by atoms with E-state index in [0.29, 0.717) is 0 Å². The molecule has 0 rings (SSSR count). The van der Waals surface area contributed by atoms with Crippen LogP contribution in [0, 0.1) is 6.08 Å². The van der Waals surface area contributed by atoms with Gasteiger partial charge in [0, 0.05) is 0 Å². The first-order chi connectivity index (χ1) is 5.00. The molecule has 0 saturated carbocycles. The van der Waals surface area contributed by atoms with Gasteiger partial charge in [0.1, 0.15) is 0 Å². The van der Waals surface area contributed by atoms with Crippen molar-refractivity contribution in [3.8, 4) is 0 Å². The SMILES string of the molecule is C[C-]=C(C)/C(C)=C(/C)[C](N)=[W]. The molecule has 1 nitrogen and oxygen atoms in total. The molecule has 0 aliphatic rings. The fourth-order valence-corrected chi connectivity index (χ4v) is 1.20. The van der Waals surface area contributed by atoms with Crippen molar-refractivity contribution >= 4 is 4.02 Å². The summed E-state index contributed by atoms with van der Waals surface area (Å²) < 4.78 is 0.970. The quantitative estimate of drug-likeness (QED) is 0.609. The third kappa shape index (κ3) is 3.26. The average molecular weight is 320 g/mol. The summed E-state index contributed by atoms with van der Waals surface area (Å²) in [6.45, 7) is 8.11. The van der Waals surface area contributed by atoms with Crippen molar-refractivity contribution in [2.75, 3.05) is 0 Å². The van der Waals surface area contributed by atoms with Crippen LogP contribution in [0.4, 0.5) is 0 Å². The van der Waals surface area contributed by atoms with E-state index in [1.165, 1.54) is 36.1 Å². The molecule has 0 aromatic heterocycles. The van der Waals surface area contributed by atoms with Crippen LogP contribution in [-0.2, 0) is 19.4 Å². The Morgan fingerprint density at radius 2 is 1.64 bits per heavy atom. The van der Waals surface area contributed by atoms with Gasteiger partial charge in [0.2, 0.25) is 0 Å².